The van der Waals surface area contributed by atoms with Crippen LogP contribution in [-0.2, 0) is 0 Å². The van der Waals surface area contributed by atoms with E-state index in [-0.39, 0.29) is 29.5 Å². The van der Waals surface area contributed by atoms with Crippen LogP contribution in [0.1, 0.15) is 6.92 Å². The van der Waals surface area contributed by atoms with Gasteiger partial charge in [0.1, 0.15) is 11.5 Å². The van der Waals surface area contributed by atoms with Gasteiger partial charge in [-0.2, -0.15) is 0 Å². The number of carbonyl (C=O) groups excluding carboxylic acids is 1. The highest BCUT2D eigenvalue weighted by Crippen LogP contribution is 2.32. The number of rotatable bonds is 3. The summed E-state index contributed by atoms with van der Waals surface area (Å²) in [5.41, 5.74) is 2.33. The number of hydrogen-bond donors (Lipinski definition) is 1. The molecule has 2 amide bonds. The van der Waals surface area contributed by atoms with Gasteiger partial charge in [-0.25, -0.2) is 9.18 Å². The number of anilines is 2. The van der Waals surface area contributed by atoms with E-state index in [1.807, 2.05) is 49.4 Å². The quantitative estimate of drug-likeness (QED) is 0.352. The van der Waals surface area contributed by atoms with E-state index in [1.165, 1.54) is 18.2 Å². The lowest BCUT2D eigenvalue weighted by molar-refractivity contribution is 0.184. The van der Waals surface area contributed by atoms with Crippen molar-refractivity contribution in [3.05, 3.63) is 83.6 Å². The maximum atomic E-state index is 13.4. The minimum atomic E-state index is -0.520. The van der Waals surface area contributed by atoms with Gasteiger partial charge in [-0.3, -0.25) is 0 Å². The molecule has 1 fully saturated rings. The molecule has 6 nitrogen and oxygen atoms in total. The summed E-state index contributed by atoms with van der Waals surface area (Å²) in [4.78, 5) is 16.8. The van der Waals surface area contributed by atoms with E-state index >= 15 is 0 Å². The summed E-state index contributed by atoms with van der Waals surface area (Å²) in [6.07, 6.45) is 0. The lowest BCUT2D eigenvalue weighted by Gasteiger charge is -2.40. The van der Waals surface area contributed by atoms with E-state index in [2.05, 4.69) is 32.5 Å². The second-order valence-electron chi connectivity index (χ2n) is 8.33. The number of fused-ring (bicyclic) bond motifs is 1. The number of aromatic nitrogens is 2. The van der Waals surface area contributed by atoms with Crippen LogP contribution in [0.5, 0.6) is 0 Å². The number of nitrogens with zero attached hydrogens (tertiary/aromatic N) is 4. The van der Waals surface area contributed by atoms with Crippen molar-refractivity contribution in [1.29, 1.82) is 0 Å². The van der Waals surface area contributed by atoms with Gasteiger partial charge in [-0.05, 0) is 25.1 Å². The Morgan fingerprint density at radius 3 is 2.43 bits per heavy atom. The van der Waals surface area contributed by atoms with Gasteiger partial charge in [-0.15, -0.1) is 22.6 Å². The maximum absolute atomic E-state index is 13.4. The zero-order valence-electron chi connectivity index (χ0n) is 19.0. The molecule has 9 heteroatoms. The molecule has 4 aromatic rings. The molecule has 1 aliphatic rings. The molecule has 1 atom stereocenters. The lowest BCUT2D eigenvalue weighted by atomic mass is 10.0. The second kappa shape index (κ2) is 10.5. The van der Waals surface area contributed by atoms with Crippen LogP contribution in [-0.4, -0.2) is 46.8 Å². The van der Waals surface area contributed by atoms with Gasteiger partial charge in [0.05, 0.1) is 5.02 Å². The third kappa shape index (κ3) is 5.01. The summed E-state index contributed by atoms with van der Waals surface area (Å²) in [7, 11) is 0. The molecule has 1 saturated heterocycles. The maximum Gasteiger partial charge on any atom is 0.322 e. The van der Waals surface area contributed by atoms with Crippen molar-refractivity contribution in [1.82, 2.24) is 15.1 Å². The highest BCUT2D eigenvalue weighted by Gasteiger charge is 2.29. The fourth-order valence-corrected chi connectivity index (χ4v) is 4.53. The molecule has 2 heterocycles. The number of nitrogens with one attached hydrogen (secondary N) is 1. The van der Waals surface area contributed by atoms with Crippen LogP contribution in [0.25, 0.3) is 22.0 Å². The minimum absolute atomic E-state index is 0. The molecule has 3 aromatic carbocycles. The third-order valence-corrected chi connectivity index (χ3v) is 6.36. The van der Waals surface area contributed by atoms with Gasteiger partial charge >= 0.3 is 6.03 Å². The van der Waals surface area contributed by atoms with Crippen molar-refractivity contribution in [2.24, 2.45) is 0 Å². The number of hydrogen-bond acceptors (Lipinski definition) is 4. The number of benzene rings is 3. The molecule has 0 saturated carbocycles. The van der Waals surface area contributed by atoms with Crippen molar-refractivity contribution >= 4 is 52.3 Å². The third-order valence-electron chi connectivity index (χ3n) is 6.07. The van der Waals surface area contributed by atoms with Crippen molar-refractivity contribution in [2.45, 2.75) is 13.0 Å². The Labute approximate surface area is 214 Å². The summed E-state index contributed by atoms with van der Waals surface area (Å²) in [6, 6.07) is 22.0. The van der Waals surface area contributed by atoms with Crippen LogP contribution in [0, 0.1) is 5.82 Å². The normalized spacial score (nSPS) is 15.6. The van der Waals surface area contributed by atoms with Gasteiger partial charge in [0.15, 0.2) is 5.82 Å². The van der Waals surface area contributed by atoms with E-state index in [0.717, 1.165) is 27.8 Å². The van der Waals surface area contributed by atoms with Crippen LogP contribution >= 0.6 is 24.0 Å². The van der Waals surface area contributed by atoms with Crippen molar-refractivity contribution < 1.29 is 9.18 Å². The average molecular weight is 512 g/mol. The zero-order chi connectivity index (χ0) is 23.7. The molecule has 0 unspecified atom stereocenters. The Hall–Kier alpha value is -3.42. The Morgan fingerprint density at radius 1 is 1.00 bits per heavy atom. The van der Waals surface area contributed by atoms with E-state index in [1.54, 1.807) is 4.90 Å². The first kappa shape index (κ1) is 24.7. The number of urea groups is 1. The summed E-state index contributed by atoms with van der Waals surface area (Å²) < 4.78 is 13.4. The number of carbonyl (C=O) groups is 1. The van der Waals surface area contributed by atoms with Crippen LogP contribution < -0.4 is 10.2 Å². The molecular weight excluding hydrogens is 488 g/mol. The fourth-order valence-electron chi connectivity index (χ4n) is 4.35. The Bertz CT molecular complexity index is 1350. The minimum Gasteiger partial charge on any atom is -0.351 e. The molecule has 1 aromatic heterocycles. The SMILES string of the molecule is C[C@H]1CN(c2nnc(-c3ccccc3)c3ccccc23)CCN1C(=O)Nc1ccc(F)c(Cl)c1.Cl. The number of piperazine rings is 1. The number of halogens is 3. The molecule has 1 aliphatic heterocycles. The average Bonchev–Trinajstić information content (AvgIpc) is 2.86. The molecule has 5 rings (SSSR count). The Kier molecular flexibility index (Phi) is 7.38. The fraction of sp³-hybridized carbons (Fsp3) is 0.192. The van der Waals surface area contributed by atoms with Crippen LogP contribution in [0.3, 0.4) is 0 Å². The first-order valence-electron chi connectivity index (χ1n) is 11.1. The lowest BCUT2D eigenvalue weighted by Crippen LogP contribution is -2.55. The zero-order valence-corrected chi connectivity index (χ0v) is 20.6. The smallest absolute Gasteiger partial charge is 0.322 e. The van der Waals surface area contributed by atoms with Crippen molar-refractivity contribution in [3.63, 3.8) is 0 Å². The monoisotopic (exact) mass is 511 g/mol. The molecule has 0 aliphatic carbocycles. The van der Waals surface area contributed by atoms with E-state index < -0.39 is 5.82 Å². The van der Waals surface area contributed by atoms with Gasteiger partial charge in [0.2, 0.25) is 0 Å². The van der Waals surface area contributed by atoms with Crippen LogP contribution in [0.2, 0.25) is 5.02 Å². The predicted octanol–water partition coefficient (Wildman–Crippen LogP) is 6.25. The molecule has 180 valence electrons. The van der Waals surface area contributed by atoms with Gasteiger partial charge in [0.25, 0.3) is 0 Å². The summed E-state index contributed by atoms with van der Waals surface area (Å²) in [6.45, 7) is 3.74. The van der Waals surface area contributed by atoms with Gasteiger partial charge in [-0.1, -0.05) is 66.2 Å². The van der Waals surface area contributed by atoms with Crippen LogP contribution in [0.15, 0.2) is 72.8 Å². The molecule has 1 N–H and O–H groups in total. The second-order valence-corrected chi connectivity index (χ2v) is 8.74. The summed E-state index contributed by atoms with van der Waals surface area (Å²) in [5, 5.41) is 14.0. The van der Waals surface area contributed by atoms with E-state index in [4.69, 9.17) is 11.6 Å². The Morgan fingerprint density at radius 2 is 1.71 bits per heavy atom. The van der Waals surface area contributed by atoms with E-state index in [9.17, 15) is 9.18 Å². The molecular formula is C26H24Cl2FN5O. The topological polar surface area (TPSA) is 61.4 Å². The van der Waals surface area contributed by atoms with E-state index in [0.29, 0.717) is 25.3 Å². The van der Waals surface area contributed by atoms with Crippen LogP contribution in [0.4, 0.5) is 20.7 Å². The molecule has 0 radical (unpaired) electrons. The van der Waals surface area contributed by atoms with Gasteiger partial charge < -0.3 is 15.1 Å². The molecule has 0 spiro atoms. The first-order valence-corrected chi connectivity index (χ1v) is 11.5. The molecule has 35 heavy (non-hydrogen) atoms. The molecule has 0 bridgehead atoms. The largest absolute Gasteiger partial charge is 0.351 e. The Balaban J connectivity index is 0.00000289. The predicted molar refractivity (Wildman–Crippen MR) is 141 cm³/mol. The first-order chi connectivity index (χ1) is 16.5. The highest BCUT2D eigenvalue weighted by molar-refractivity contribution is 6.31. The highest BCUT2D eigenvalue weighted by atomic mass is 35.5. The van der Waals surface area contributed by atoms with Gasteiger partial charge in [0, 0.05) is 47.7 Å². The van der Waals surface area contributed by atoms with Crippen molar-refractivity contribution in [2.75, 3.05) is 29.9 Å². The summed E-state index contributed by atoms with van der Waals surface area (Å²) >= 11 is 5.84. The summed E-state index contributed by atoms with van der Waals surface area (Å²) in [5.74, 6) is 0.292. The number of amides is 2. The standard InChI is InChI=1S/C26H23ClFN5O.ClH/c1-17-16-32(13-14-33(17)26(34)29-19-11-12-23(28)22(27)15-19)25-21-10-6-5-9-20(21)24(30-31-25)18-7-3-2-4-8-18;/h2-12,15,17H,13-14,16H2,1H3,(H,29,34);1H/t17-;/m0./s1. The van der Waals surface area contributed by atoms with Crippen molar-refractivity contribution in [3.8, 4) is 11.3 Å².